The molecule has 0 unspecified atom stereocenters. The number of hydrogen-bond donors (Lipinski definition) is 1. The third-order valence-electron chi connectivity index (χ3n) is 3.33. The van der Waals surface area contributed by atoms with Crippen molar-refractivity contribution in [1.82, 2.24) is 0 Å². The second-order valence-electron chi connectivity index (χ2n) is 4.66. The molecule has 0 spiro atoms. The molecule has 0 atom stereocenters. The third-order valence-corrected chi connectivity index (χ3v) is 3.33. The number of hydrogen-bond acceptors (Lipinski definition) is 2. The van der Waals surface area contributed by atoms with Gasteiger partial charge in [0.25, 0.3) is 0 Å². The van der Waals surface area contributed by atoms with Gasteiger partial charge in [0.1, 0.15) is 0 Å². The molecule has 0 aliphatic rings. The summed E-state index contributed by atoms with van der Waals surface area (Å²) in [6, 6.07) is 18.3. The summed E-state index contributed by atoms with van der Waals surface area (Å²) >= 11 is 0. The quantitative estimate of drug-likeness (QED) is 0.365. The molecule has 1 N–H and O–H groups in total. The van der Waals surface area contributed by atoms with Gasteiger partial charge in [-0.05, 0) is 30.0 Å². The van der Waals surface area contributed by atoms with Gasteiger partial charge in [-0.15, -0.1) is 0 Å². The molecular formula is C18H19NO. The van der Waals surface area contributed by atoms with Gasteiger partial charge in [-0.25, -0.2) is 0 Å². The highest BCUT2D eigenvalue weighted by Crippen LogP contribution is 2.25. The van der Waals surface area contributed by atoms with E-state index < -0.39 is 0 Å². The SMILES string of the molecule is CC/C(=C\c1ccccc1)c1ccccc1/C(C)=N/O. The Morgan fingerprint density at radius 3 is 2.20 bits per heavy atom. The minimum atomic E-state index is 0.632. The summed E-state index contributed by atoms with van der Waals surface area (Å²) < 4.78 is 0. The summed E-state index contributed by atoms with van der Waals surface area (Å²) in [6.45, 7) is 3.95. The Morgan fingerprint density at radius 2 is 1.60 bits per heavy atom. The van der Waals surface area contributed by atoms with Crippen LogP contribution in [0.25, 0.3) is 11.6 Å². The Bertz CT molecular complexity index is 627. The van der Waals surface area contributed by atoms with E-state index in [1.165, 1.54) is 11.1 Å². The van der Waals surface area contributed by atoms with Crippen LogP contribution in [0.2, 0.25) is 0 Å². The summed E-state index contributed by atoms with van der Waals surface area (Å²) in [6.07, 6.45) is 3.11. The van der Waals surface area contributed by atoms with Crippen molar-refractivity contribution >= 4 is 17.4 Å². The molecule has 0 bridgehead atoms. The fraction of sp³-hybridized carbons (Fsp3) is 0.167. The van der Waals surface area contributed by atoms with E-state index in [1.54, 1.807) is 0 Å². The van der Waals surface area contributed by atoms with E-state index in [0.717, 1.165) is 17.5 Å². The summed E-state index contributed by atoms with van der Waals surface area (Å²) in [4.78, 5) is 0. The van der Waals surface area contributed by atoms with Crippen molar-refractivity contribution in [2.45, 2.75) is 20.3 Å². The lowest BCUT2D eigenvalue weighted by atomic mass is 9.94. The molecule has 0 saturated carbocycles. The first kappa shape index (κ1) is 14.1. The number of allylic oxidation sites excluding steroid dienone is 1. The molecule has 0 aliphatic carbocycles. The molecule has 0 fully saturated rings. The maximum Gasteiger partial charge on any atom is 0.0843 e. The van der Waals surface area contributed by atoms with Gasteiger partial charge in [0.15, 0.2) is 0 Å². The minimum Gasteiger partial charge on any atom is -0.411 e. The predicted molar refractivity (Wildman–Crippen MR) is 85.0 cm³/mol. The Morgan fingerprint density at radius 1 is 1.00 bits per heavy atom. The molecule has 0 heterocycles. The van der Waals surface area contributed by atoms with Gasteiger partial charge >= 0.3 is 0 Å². The van der Waals surface area contributed by atoms with Crippen molar-refractivity contribution in [2.24, 2.45) is 5.16 Å². The number of rotatable bonds is 4. The highest BCUT2D eigenvalue weighted by molar-refractivity contribution is 6.03. The molecule has 0 aliphatic heterocycles. The zero-order valence-electron chi connectivity index (χ0n) is 11.9. The average molecular weight is 265 g/mol. The van der Waals surface area contributed by atoms with E-state index in [1.807, 2.05) is 43.3 Å². The molecule has 2 nitrogen and oxygen atoms in total. The van der Waals surface area contributed by atoms with Crippen LogP contribution in [0.15, 0.2) is 59.8 Å². The molecule has 2 aromatic carbocycles. The lowest BCUT2D eigenvalue weighted by molar-refractivity contribution is 0.319. The van der Waals surface area contributed by atoms with Gasteiger partial charge in [-0.3, -0.25) is 0 Å². The van der Waals surface area contributed by atoms with E-state index in [-0.39, 0.29) is 0 Å². The van der Waals surface area contributed by atoms with Gasteiger partial charge < -0.3 is 5.21 Å². The van der Waals surface area contributed by atoms with Gasteiger partial charge in [-0.1, -0.05) is 72.8 Å². The normalized spacial score (nSPS) is 12.5. The van der Waals surface area contributed by atoms with E-state index in [4.69, 9.17) is 5.21 Å². The standard InChI is InChI=1S/C18H19NO/c1-3-16(13-15-9-5-4-6-10-15)18-12-8-7-11-17(18)14(2)19-20/h4-13,20H,3H2,1-2H3/b16-13+,19-14+. The first-order valence-electron chi connectivity index (χ1n) is 6.80. The number of oxime groups is 1. The smallest absolute Gasteiger partial charge is 0.0843 e. The Kier molecular flexibility index (Phi) is 4.72. The molecular weight excluding hydrogens is 246 g/mol. The van der Waals surface area contributed by atoms with Crippen LogP contribution in [-0.4, -0.2) is 10.9 Å². The fourth-order valence-corrected chi connectivity index (χ4v) is 2.25. The Balaban J connectivity index is 2.51. The zero-order valence-corrected chi connectivity index (χ0v) is 11.9. The lowest BCUT2D eigenvalue weighted by Gasteiger charge is -2.11. The molecule has 2 heteroatoms. The van der Waals surface area contributed by atoms with Gasteiger partial charge in [0, 0.05) is 5.56 Å². The van der Waals surface area contributed by atoms with Crippen LogP contribution >= 0.6 is 0 Å². The van der Waals surface area contributed by atoms with E-state index in [2.05, 4.69) is 36.4 Å². The van der Waals surface area contributed by atoms with E-state index >= 15 is 0 Å². The number of benzene rings is 2. The van der Waals surface area contributed by atoms with Crippen LogP contribution in [0, 0.1) is 0 Å². The summed E-state index contributed by atoms with van der Waals surface area (Å²) in [7, 11) is 0. The van der Waals surface area contributed by atoms with Gasteiger partial charge in [0.2, 0.25) is 0 Å². The van der Waals surface area contributed by atoms with Crippen LogP contribution in [0.1, 0.15) is 37.0 Å². The van der Waals surface area contributed by atoms with Crippen LogP contribution in [-0.2, 0) is 0 Å². The molecule has 2 rings (SSSR count). The molecule has 2 aromatic rings. The summed E-state index contributed by atoms with van der Waals surface area (Å²) in [5.41, 5.74) is 5.13. The van der Waals surface area contributed by atoms with Gasteiger partial charge in [-0.2, -0.15) is 0 Å². The molecule has 0 aromatic heterocycles. The average Bonchev–Trinajstić information content (AvgIpc) is 2.53. The molecule has 0 saturated heterocycles. The van der Waals surface area contributed by atoms with Crippen molar-refractivity contribution in [1.29, 1.82) is 0 Å². The van der Waals surface area contributed by atoms with Crippen LogP contribution < -0.4 is 0 Å². The fourth-order valence-electron chi connectivity index (χ4n) is 2.25. The first-order valence-corrected chi connectivity index (χ1v) is 6.80. The predicted octanol–water partition coefficient (Wildman–Crippen LogP) is 4.84. The summed E-state index contributed by atoms with van der Waals surface area (Å²) in [5, 5.41) is 12.4. The van der Waals surface area contributed by atoms with Crippen molar-refractivity contribution in [2.75, 3.05) is 0 Å². The molecule has 102 valence electrons. The molecule has 20 heavy (non-hydrogen) atoms. The highest BCUT2D eigenvalue weighted by atomic mass is 16.4. The second-order valence-corrected chi connectivity index (χ2v) is 4.66. The maximum absolute atomic E-state index is 9.03. The Labute approximate surface area is 120 Å². The van der Waals surface area contributed by atoms with E-state index in [9.17, 15) is 0 Å². The van der Waals surface area contributed by atoms with Crippen molar-refractivity contribution in [3.8, 4) is 0 Å². The second kappa shape index (κ2) is 6.71. The van der Waals surface area contributed by atoms with E-state index in [0.29, 0.717) is 5.71 Å². The van der Waals surface area contributed by atoms with Crippen molar-refractivity contribution in [3.05, 3.63) is 71.3 Å². The zero-order chi connectivity index (χ0) is 14.4. The topological polar surface area (TPSA) is 32.6 Å². The number of nitrogens with zero attached hydrogens (tertiary/aromatic N) is 1. The van der Waals surface area contributed by atoms with Gasteiger partial charge in [0.05, 0.1) is 5.71 Å². The van der Waals surface area contributed by atoms with Crippen LogP contribution in [0.4, 0.5) is 0 Å². The minimum absolute atomic E-state index is 0.632. The Hall–Kier alpha value is -2.35. The van der Waals surface area contributed by atoms with Crippen LogP contribution in [0.5, 0.6) is 0 Å². The first-order chi connectivity index (χ1) is 9.76. The monoisotopic (exact) mass is 265 g/mol. The van der Waals surface area contributed by atoms with Crippen LogP contribution in [0.3, 0.4) is 0 Å². The molecule has 0 radical (unpaired) electrons. The maximum atomic E-state index is 9.03. The van der Waals surface area contributed by atoms with Crippen molar-refractivity contribution < 1.29 is 5.21 Å². The van der Waals surface area contributed by atoms with Crippen molar-refractivity contribution in [3.63, 3.8) is 0 Å². The lowest BCUT2D eigenvalue weighted by Crippen LogP contribution is -2.00. The summed E-state index contributed by atoms with van der Waals surface area (Å²) in [5.74, 6) is 0. The third kappa shape index (κ3) is 3.15. The highest BCUT2D eigenvalue weighted by Gasteiger charge is 2.08. The largest absolute Gasteiger partial charge is 0.411 e. The molecule has 0 amide bonds.